The molecule has 0 spiro atoms. The minimum Gasteiger partial charge on any atom is -0.326 e. The van der Waals surface area contributed by atoms with E-state index in [1.807, 2.05) is 13.0 Å². The Hall–Kier alpha value is -3.48. The van der Waals surface area contributed by atoms with Crippen molar-refractivity contribution in [2.24, 2.45) is 0 Å². The van der Waals surface area contributed by atoms with Gasteiger partial charge in [0.15, 0.2) is 0 Å². The van der Waals surface area contributed by atoms with Crippen LogP contribution in [0, 0.1) is 0 Å². The second-order valence-corrected chi connectivity index (χ2v) is 6.12. The van der Waals surface area contributed by atoms with Gasteiger partial charge in [-0.05, 0) is 30.7 Å². The highest BCUT2D eigenvalue weighted by molar-refractivity contribution is 5.94. The summed E-state index contributed by atoms with van der Waals surface area (Å²) in [7, 11) is 0. The van der Waals surface area contributed by atoms with Crippen LogP contribution in [-0.2, 0) is 16.1 Å². The zero-order chi connectivity index (χ0) is 19.2. The van der Waals surface area contributed by atoms with Crippen LogP contribution in [0.15, 0.2) is 59.5 Å². The van der Waals surface area contributed by atoms with Crippen molar-refractivity contribution < 1.29 is 9.59 Å². The van der Waals surface area contributed by atoms with E-state index in [0.29, 0.717) is 23.2 Å². The van der Waals surface area contributed by atoms with E-state index < -0.39 is 0 Å². The van der Waals surface area contributed by atoms with Gasteiger partial charge in [0.1, 0.15) is 6.54 Å². The highest BCUT2D eigenvalue weighted by atomic mass is 16.2. The molecule has 0 unspecified atom stereocenters. The van der Waals surface area contributed by atoms with Crippen LogP contribution in [0.5, 0.6) is 0 Å². The van der Waals surface area contributed by atoms with Crippen LogP contribution in [0.25, 0.3) is 10.8 Å². The molecule has 0 saturated carbocycles. The van der Waals surface area contributed by atoms with Gasteiger partial charge in [0, 0.05) is 23.2 Å². The van der Waals surface area contributed by atoms with Crippen LogP contribution < -0.4 is 16.2 Å². The third-order valence-electron chi connectivity index (χ3n) is 3.96. The molecule has 7 nitrogen and oxygen atoms in total. The van der Waals surface area contributed by atoms with Crippen molar-refractivity contribution in [1.29, 1.82) is 0 Å². The molecule has 2 aromatic carbocycles. The van der Waals surface area contributed by atoms with Gasteiger partial charge >= 0.3 is 0 Å². The second kappa shape index (κ2) is 8.27. The molecule has 2 amide bonds. The molecular weight excluding hydrogens is 344 g/mol. The van der Waals surface area contributed by atoms with Gasteiger partial charge < -0.3 is 10.6 Å². The predicted molar refractivity (Wildman–Crippen MR) is 105 cm³/mol. The maximum atomic E-state index is 12.4. The largest absolute Gasteiger partial charge is 0.326 e. The first kappa shape index (κ1) is 18.3. The number of fused-ring (bicyclic) bond motifs is 1. The lowest BCUT2D eigenvalue weighted by atomic mass is 10.2. The van der Waals surface area contributed by atoms with Gasteiger partial charge in [0.2, 0.25) is 11.8 Å². The summed E-state index contributed by atoms with van der Waals surface area (Å²) >= 11 is 0. The Kier molecular flexibility index (Phi) is 5.61. The summed E-state index contributed by atoms with van der Waals surface area (Å²) in [6.45, 7) is 1.73. The number of anilines is 2. The van der Waals surface area contributed by atoms with Crippen LogP contribution in [0.4, 0.5) is 11.4 Å². The summed E-state index contributed by atoms with van der Waals surface area (Å²) in [5, 5.41) is 10.8. The number of carbonyl (C=O) groups is 2. The van der Waals surface area contributed by atoms with Gasteiger partial charge in [-0.1, -0.05) is 31.2 Å². The van der Waals surface area contributed by atoms with E-state index in [1.54, 1.807) is 48.7 Å². The van der Waals surface area contributed by atoms with E-state index in [0.717, 1.165) is 16.5 Å². The lowest BCUT2D eigenvalue weighted by Gasteiger charge is -2.09. The standard InChI is InChI=1S/C20H20N4O3/c1-2-6-18(25)22-15-8-5-9-16(11-15)23-19(26)13-24-20(27)17-10-4-3-7-14(17)12-21-24/h3-5,7-12H,2,6,13H2,1H3,(H,22,25)(H,23,26). The molecule has 1 aromatic heterocycles. The molecule has 0 aliphatic rings. The Morgan fingerprint density at radius 1 is 1.00 bits per heavy atom. The van der Waals surface area contributed by atoms with Crippen molar-refractivity contribution in [3.05, 3.63) is 65.1 Å². The van der Waals surface area contributed by atoms with Crippen LogP contribution in [0.3, 0.4) is 0 Å². The lowest BCUT2D eigenvalue weighted by molar-refractivity contribution is -0.117. The monoisotopic (exact) mass is 364 g/mol. The van der Waals surface area contributed by atoms with E-state index in [9.17, 15) is 14.4 Å². The van der Waals surface area contributed by atoms with E-state index in [1.165, 1.54) is 0 Å². The van der Waals surface area contributed by atoms with E-state index in [2.05, 4.69) is 15.7 Å². The molecule has 3 aromatic rings. The fraction of sp³-hybridized carbons (Fsp3) is 0.200. The maximum Gasteiger partial charge on any atom is 0.275 e. The molecule has 0 fully saturated rings. The fourth-order valence-electron chi connectivity index (χ4n) is 2.70. The average molecular weight is 364 g/mol. The van der Waals surface area contributed by atoms with Crippen LogP contribution in [0.1, 0.15) is 19.8 Å². The normalized spacial score (nSPS) is 10.6. The highest BCUT2D eigenvalue weighted by Gasteiger charge is 2.09. The SMILES string of the molecule is CCCC(=O)Nc1cccc(NC(=O)Cn2ncc3ccccc3c2=O)c1. The van der Waals surface area contributed by atoms with E-state index >= 15 is 0 Å². The van der Waals surface area contributed by atoms with Crippen molar-refractivity contribution in [3.8, 4) is 0 Å². The van der Waals surface area contributed by atoms with E-state index in [-0.39, 0.29) is 23.9 Å². The van der Waals surface area contributed by atoms with Crippen molar-refractivity contribution in [2.45, 2.75) is 26.3 Å². The Morgan fingerprint density at radius 2 is 1.70 bits per heavy atom. The van der Waals surface area contributed by atoms with Crippen LogP contribution >= 0.6 is 0 Å². The fourth-order valence-corrected chi connectivity index (χ4v) is 2.70. The summed E-state index contributed by atoms with van der Waals surface area (Å²) in [6, 6.07) is 14.0. The van der Waals surface area contributed by atoms with Crippen molar-refractivity contribution >= 4 is 34.0 Å². The number of aromatic nitrogens is 2. The maximum absolute atomic E-state index is 12.4. The first-order valence-corrected chi connectivity index (χ1v) is 8.71. The first-order chi connectivity index (χ1) is 13.1. The zero-order valence-corrected chi connectivity index (χ0v) is 14.9. The first-order valence-electron chi connectivity index (χ1n) is 8.71. The molecule has 0 radical (unpaired) electrons. The predicted octanol–water partition coefficient (Wildman–Crippen LogP) is 2.77. The summed E-state index contributed by atoms with van der Waals surface area (Å²) in [6.07, 6.45) is 2.76. The second-order valence-electron chi connectivity index (χ2n) is 6.12. The number of nitrogens with zero attached hydrogens (tertiary/aromatic N) is 2. The summed E-state index contributed by atoms with van der Waals surface area (Å²) in [5.41, 5.74) is 0.819. The number of hydrogen-bond acceptors (Lipinski definition) is 4. The molecule has 2 N–H and O–H groups in total. The minimum atomic E-state index is -0.378. The quantitative estimate of drug-likeness (QED) is 0.703. The van der Waals surface area contributed by atoms with Crippen molar-refractivity contribution in [1.82, 2.24) is 9.78 Å². The molecule has 0 aliphatic carbocycles. The number of carbonyl (C=O) groups excluding carboxylic acids is 2. The lowest BCUT2D eigenvalue weighted by Crippen LogP contribution is -2.29. The molecule has 0 saturated heterocycles. The van der Waals surface area contributed by atoms with Gasteiger partial charge in [0.25, 0.3) is 5.56 Å². The number of rotatable bonds is 6. The van der Waals surface area contributed by atoms with Crippen LogP contribution in [0.2, 0.25) is 0 Å². The van der Waals surface area contributed by atoms with Gasteiger partial charge in [-0.2, -0.15) is 5.10 Å². The van der Waals surface area contributed by atoms with Gasteiger partial charge in [-0.3, -0.25) is 14.4 Å². The molecule has 138 valence electrons. The molecular formula is C20H20N4O3. The summed E-state index contributed by atoms with van der Waals surface area (Å²) < 4.78 is 1.13. The summed E-state index contributed by atoms with van der Waals surface area (Å²) in [5.74, 6) is -0.454. The topological polar surface area (TPSA) is 93.1 Å². The molecule has 0 bridgehead atoms. The third kappa shape index (κ3) is 4.58. The molecule has 1 heterocycles. The zero-order valence-electron chi connectivity index (χ0n) is 14.9. The van der Waals surface area contributed by atoms with Crippen molar-refractivity contribution in [2.75, 3.05) is 10.6 Å². The molecule has 0 aliphatic heterocycles. The highest BCUT2D eigenvalue weighted by Crippen LogP contribution is 2.15. The number of hydrogen-bond donors (Lipinski definition) is 2. The van der Waals surface area contributed by atoms with Gasteiger partial charge in [-0.15, -0.1) is 0 Å². The minimum absolute atomic E-state index is 0.0760. The number of amides is 2. The van der Waals surface area contributed by atoms with Crippen LogP contribution in [-0.4, -0.2) is 21.6 Å². The molecule has 0 atom stereocenters. The summed E-state index contributed by atoms with van der Waals surface area (Å²) in [4.78, 5) is 36.4. The smallest absolute Gasteiger partial charge is 0.275 e. The number of benzene rings is 2. The average Bonchev–Trinajstić information content (AvgIpc) is 2.65. The molecule has 27 heavy (non-hydrogen) atoms. The Morgan fingerprint density at radius 3 is 2.44 bits per heavy atom. The third-order valence-corrected chi connectivity index (χ3v) is 3.96. The Bertz CT molecular complexity index is 1040. The van der Waals surface area contributed by atoms with Gasteiger partial charge in [-0.25, -0.2) is 4.68 Å². The number of nitrogens with one attached hydrogen (secondary N) is 2. The van der Waals surface area contributed by atoms with E-state index in [4.69, 9.17) is 0 Å². The Labute approximate surface area is 156 Å². The molecule has 7 heteroatoms. The molecule has 3 rings (SSSR count). The van der Waals surface area contributed by atoms with Gasteiger partial charge in [0.05, 0.1) is 11.6 Å². The Balaban J connectivity index is 1.70. The van der Waals surface area contributed by atoms with Crippen molar-refractivity contribution in [3.63, 3.8) is 0 Å².